The highest BCUT2D eigenvalue weighted by atomic mass is 35.5. The van der Waals surface area contributed by atoms with Gasteiger partial charge in [-0.2, -0.15) is 5.26 Å². The normalized spacial score (nSPS) is 10.9. The fourth-order valence-electron chi connectivity index (χ4n) is 2.83. The summed E-state index contributed by atoms with van der Waals surface area (Å²) in [7, 11) is 1.56. The molecule has 0 radical (unpaired) electrons. The largest absolute Gasteiger partial charge is 0.497 e. The minimum atomic E-state index is -0.282. The number of halogens is 1. The second-order valence-electron chi connectivity index (χ2n) is 5.87. The topological polar surface area (TPSA) is 67.0 Å². The third kappa shape index (κ3) is 4.30. The SMILES string of the molecule is COc1ccc(NC(=O)C=Cc2cn(CCC#N)c3ccccc23)c(Cl)c1. The number of hydrogen-bond acceptors (Lipinski definition) is 3. The Labute approximate surface area is 162 Å². The van der Waals surface area contributed by atoms with E-state index >= 15 is 0 Å². The van der Waals surface area contributed by atoms with Gasteiger partial charge in [-0.1, -0.05) is 29.8 Å². The van der Waals surface area contributed by atoms with Crippen LogP contribution in [0.15, 0.2) is 54.7 Å². The molecule has 2 aromatic carbocycles. The molecule has 27 heavy (non-hydrogen) atoms. The molecule has 0 bridgehead atoms. The number of nitrogens with zero attached hydrogens (tertiary/aromatic N) is 2. The first-order valence-electron chi connectivity index (χ1n) is 8.40. The van der Waals surface area contributed by atoms with Crippen molar-refractivity contribution in [3.05, 3.63) is 65.3 Å². The van der Waals surface area contributed by atoms with Crippen molar-refractivity contribution in [2.24, 2.45) is 0 Å². The van der Waals surface area contributed by atoms with Crippen LogP contribution in [0.3, 0.4) is 0 Å². The third-order valence-electron chi connectivity index (χ3n) is 4.13. The second kappa shape index (κ2) is 8.43. The van der Waals surface area contributed by atoms with Crippen molar-refractivity contribution < 1.29 is 9.53 Å². The van der Waals surface area contributed by atoms with Crippen molar-refractivity contribution in [1.29, 1.82) is 5.26 Å². The minimum Gasteiger partial charge on any atom is -0.497 e. The number of amides is 1. The number of rotatable bonds is 6. The van der Waals surface area contributed by atoms with Crippen LogP contribution in [0.1, 0.15) is 12.0 Å². The Bertz CT molecular complexity index is 1050. The Morgan fingerprint density at radius 3 is 2.89 bits per heavy atom. The van der Waals surface area contributed by atoms with Gasteiger partial charge in [0.25, 0.3) is 0 Å². The van der Waals surface area contributed by atoms with Gasteiger partial charge in [0.05, 0.1) is 30.3 Å². The number of carbonyl (C=O) groups excluding carboxylic acids is 1. The summed E-state index contributed by atoms with van der Waals surface area (Å²) in [6, 6.07) is 15.1. The van der Waals surface area contributed by atoms with E-state index in [2.05, 4.69) is 11.4 Å². The first kappa shape index (κ1) is 18.6. The van der Waals surface area contributed by atoms with Crippen molar-refractivity contribution >= 4 is 40.2 Å². The number of anilines is 1. The van der Waals surface area contributed by atoms with E-state index in [0.29, 0.717) is 29.4 Å². The highest BCUT2D eigenvalue weighted by Crippen LogP contribution is 2.27. The molecule has 0 saturated heterocycles. The molecule has 6 heteroatoms. The molecule has 5 nitrogen and oxygen atoms in total. The molecule has 0 aliphatic heterocycles. The number of benzene rings is 2. The van der Waals surface area contributed by atoms with Gasteiger partial charge in [-0.25, -0.2) is 0 Å². The number of fused-ring (bicyclic) bond motifs is 1. The maximum absolute atomic E-state index is 12.3. The quantitative estimate of drug-likeness (QED) is 0.621. The Kier molecular flexibility index (Phi) is 5.80. The molecular weight excluding hydrogens is 362 g/mol. The lowest BCUT2D eigenvalue weighted by Crippen LogP contribution is -2.08. The number of nitrogens with one attached hydrogen (secondary N) is 1. The minimum absolute atomic E-state index is 0.282. The van der Waals surface area contributed by atoms with Crippen LogP contribution in [0.5, 0.6) is 5.75 Å². The fourth-order valence-corrected chi connectivity index (χ4v) is 3.05. The molecule has 0 aliphatic rings. The van der Waals surface area contributed by atoms with Crippen molar-refractivity contribution in [3.63, 3.8) is 0 Å². The first-order valence-corrected chi connectivity index (χ1v) is 8.77. The van der Waals surface area contributed by atoms with Crippen LogP contribution in [0, 0.1) is 11.3 Å². The van der Waals surface area contributed by atoms with E-state index in [1.165, 1.54) is 6.08 Å². The number of carbonyl (C=O) groups is 1. The van der Waals surface area contributed by atoms with E-state index in [1.807, 2.05) is 35.0 Å². The summed E-state index contributed by atoms with van der Waals surface area (Å²) < 4.78 is 7.12. The van der Waals surface area contributed by atoms with Crippen molar-refractivity contribution in [1.82, 2.24) is 4.57 Å². The molecule has 0 unspecified atom stereocenters. The highest BCUT2D eigenvalue weighted by Gasteiger charge is 2.08. The first-order chi connectivity index (χ1) is 13.1. The number of para-hydroxylation sites is 1. The highest BCUT2D eigenvalue weighted by molar-refractivity contribution is 6.34. The Morgan fingerprint density at radius 1 is 1.33 bits per heavy atom. The monoisotopic (exact) mass is 379 g/mol. The van der Waals surface area contributed by atoms with Crippen LogP contribution in [0.25, 0.3) is 17.0 Å². The number of aromatic nitrogens is 1. The van der Waals surface area contributed by atoms with Gasteiger partial charge in [-0.3, -0.25) is 4.79 Å². The van der Waals surface area contributed by atoms with E-state index < -0.39 is 0 Å². The summed E-state index contributed by atoms with van der Waals surface area (Å²) in [6.07, 6.45) is 5.61. The van der Waals surface area contributed by atoms with E-state index in [-0.39, 0.29) is 5.91 Å². The van der Waals surface area contributed by atoms with Gasteiger partial charge >= 0.3 is 0 Å². The van der Waals surface area contributed by atoms with Crippen LogP contribution in [-0.2, 0) is 11.3 Å². The van der Waals surface area contributed by atoms with Gasteiger partial charge in [-0.15, -0.1) is 0 Å². The van der Waals surface area contributed by atoms with Gasteiger partial charge in [-0.05, 0) is 24.3 Å². The molecule has 0 saturated carbocycles. The average molecular weight is 380 g/mol. The molecule has 3 aromatic rings. The number of ether oxygens (including phenoxy) is 1. The van der Waals surface area contributed by atoms with Crippen LogP contribution in [-0.4, -0.2) is 17.6 Å². The van der Waals surface area contributed by atoms with Crippen LogP contribution in [0.4, 0.5) is 5.69 Å². The summed E-state index contributed by atoms with van der Waals surface area (Å²) in [4.78, 5) is 12.3. The summed E-state index contributed by atoms with van der Waals surface area (Å²) in [5, 5.41) is 13.0. The van der Waals surface area contributed by atoms with Gasteiger partial charge < -0.3 is 14.6 Å². The van der Waals surface area contributed by atoms with Gasteiger partial charge in [0.15, 0.2) is 0 Å². The van der Waals surface area contributed by atoms with Crippen LogP contribution in [0.2, 0.25) is 5.02 Å². The zero-order valence-electron chi connectivity index (χ0n) is 14.8. The van der Waals surface area contributed by atoms with E-state index in [0.717, 1.165) is 16.5 Å². The Morgan fingerprint density at radius 2 is 2.15 bits per heavy atom. The third-order valence-corrected chi connectivity index (χ3v) is 4.45. The lowest BCUT2D eigenvalue weighted by molar-refractivity contribution is -0.111. The molecule has 1 amide bonds. The van der Waals surface area contributed by atoms with Crippen LogP contribution >= 0.6 is 11.6 Å². The predicted molar refractivity (Wildman–Crippen MR) is 108 cm³/mol. The molecule has 1 aromatic heterocycles. The van der Waals surface area contributed by atoms with E-state index in [1.54, 1.807) is 31.4 Å². The summed E-state index contributed by atoms with van der Waals surface area (Å²) >= 11 is 6.15. The number of hydrogen-bond donors (Lipinski definition) is 1. The van der Waals surface area contributed by atoms with Crippen molar-refractivity contribution in [2.75, 3.05) is 12.4 Å². The van der Waals surface area contributed by atoms with Crippen LogP contribution < -0.4 is 10.1 Å². The van der Waals surface area contributed by atoms with E-state index in [4.69, 9.17) is 21.6 Å². The molecule has 0 aliphatic carbocycles. The molecule has 0 fully saturated rings. The molecule has 3 rings (SSSR count). The summed E-state index contributed by atoms with van der Waals surface area (Å²) in [5.74, 6) is 0.342. The molecule has 0 spiro atoms. The maximum Gasteiger partial charge on any atom is 0.248 e. The van der Waals surface area contributed by atoms with E-state index in [9.17, 15) is 4.79 Å². The van der Waals surface area contributed by atoms with Crippen molar-refractivity contribution in [2.45, 2.75) is 13.0 Å². The number of nitriles is 1. The zero-order chi connectivity index (χ0) is 19.2. The van der Waals surface area contributed by atoms with Gasteiger partial charge in [0.2, 0.25) is 5.91 Å². The fraction of sp³-hybridized carbons (Fsp3) is 0.143. The Hall–Kier alpha value is -3.23. The lowest BCUT2D eigenvalue weighted by atomic mass is 10.1. The van der Waals surface area contributed by atoms with Gasteiger partial charge in [0, 0.05) is 41.4 Å². The molecule has 136 valence electrons. The Balaban J connectivity index is 1.79. The molecule has 1 heterocycles. The summed E-state index contributed by atoms with van der Waals surface area (Å²) in [5.41, 5.74) is 2.47. The lowest BCUT2D eigenvalue weighted by Gasteiger charge is -2.06. The van der Waals surface area contributed by atoms with Crippen molar-refractivity contribution in [3.8, 4) is 11.8 Å². The second-order valence-corrected chi connectivity index (χ2v) is 6.28. The maximum atomic E-state index is 12.3. The predicted octanol–water partition coefficient (Wildman–Crippen LogP) is 4.87. The summed E-state index contributed by atoms with van der Waals surface area (Å²) in [6.45, 7) is 0.610. The molecule has 0 atom stereocenters. The standard InChI is InChI=1S/C21H18ClN3O2/c1-27-16-8-9-19(18(22)13-16)24-21(26)10-7-15-14-25(12-4-11-23)20-6-3-2-5-17(15)20/h2-3,5-10,13-14H,4,12H2,1H3,(H,24,26). The smallest absolute Gasteiger partial charge is 0.248 e. The number of aryl methyl sites for hydroxylation is 1. The number of methoxy groups -OCH3 is 1. The zero-order valence-corrected chi connectivity index (χ0v) is 15.5. The molecule has 1 N–H and O–H groups in total. The van der Waals surface area contributed by atoms with Gasteiger partial charge in [0.1, 0.15) is 5.75 Å². The molecular formula is C21H18ClN3O2. The average Bonchev–Trinajstić information content (AvgIpc) is 3.04.